The van der Waals surface area contributed by atoms with E-state index in [1.165, 1.54) is 12.1 Å². The van der Waals surface area contributed by atoms with E-state index in [0.717, 1.165) is 23.0 Å². The van der Waals surface area contributed by atoms with Gasteiger partial charge in [-0.25, -0.2) is 9.18 Å². The Bertz CT molecular complexity index is 632. The van der Waals surface area contributed by atoms with Crippen LogP contribution in [0, 0.1) is 19.7 Å². The summed E-state index contributed by atoms with van der Waals surface area (Å²) < 4.78 is 15.1. The average molecular weight is 248 g/mol. The molecule has 1 N–H and O–H groups in total. The summed E-state index contributed by atoms with van der Waals surface area (Å²) in [5, 5.41) is 13.2. The Kier molecular flexibility index (Phi) is 2.90. The largest absolute Gasteiger partial charge is 0.478 e. The van der Waals surface area contributed by atoms with Gasteiger partial charge in [0.25, 0.3) is 0 Å². The fourth-order valence-corrected chi connectivity index (χ4v) is 2.05. The van der Waals surface area contributed by atoms with Gasteiger partial charge >= 0.3 is 5.97 Å². The lowest BCUT2D eigenvalue weighted by atomic mass is 10.0. The first-order valence-electron chi connectivity index (χ1n) is 5.44. The number of carboxylic acid groups (broad SMARTS) is 1. The molecular formula is C13H13FN2O2. The molecule has 1 aromatic heterocycles. The zero-order chi connectivity index (χ0) is 13.4. The highest BCUT2D eigenvalue weighted by Gasteiger charge is 2.15. The molecule has 0 aliphatic rings. The van der Waals surface area contributed by atoms with Crippen LogP contribution in [0.5, 0.6) is 0 Å². The summed E-state index contributed by atoms with van der Waals surface area (Å²) in [6.07, 6.45) is 0. The standard InChI is InChI=1S/C13H13FN2O2/c1-7-12(8(2)16(3)15-7)9-4-10(13(17)18)6-11(14)5-9/h4-6H,1-3H3,(H,17,18). The number of carbonyl (C=O) groups is 1. The maximum absolute atomic E-state index is 13.5. The van der Waals surface area contributed by atoms with Gasteiger partial charge in [0, 0.05) is 18.3 Å². The third kappa shape index (κ3) is 1.99. The summed E-state index contributed by atoms with van der Waals surface area (Å²) >= 11 is 0. The number of nitrogens with zero attached hydrogens (tertiary/aromatic N) is 2. The molecular weight excluding hydrogens is 235 g/mol. The maximum atomic E-state index is 13.5. The van der Waals surface area contributed by atoms with Crippen molar-refractivity contribution in [2.75, 3.05) is 0 Å². The van der Waals surface area contributed by atoms with Crippen LogP contribution in [0.4, 0.5) is 4.39 Å². The van der Waals surface area contributed by atoms with Gasteiger partial charge in [0.2, 0.25) is 0 Å². The summed E-state index contributed by atoms with van der Waals surface area (Å²) in [7, 11) is 1.79. The summed E-state index contributed by atoms with van der Waals surface area (Å²) in [5.41, 5.74) is 2.87. The monoisotopic (exact) mass is 248 g/mol. The van der Waals surface area contributed by atoms with Crippen molar-refractivity contribution in [3.63, 3.8) is 0 Å². The van der Waals surface area contributed by atoms with Gasteiger partial charge in [0.1, 0.15) is 5.82 Å². The lowest BCUT2D eigenvalue weighted by molar-refractivity contribution is 0.0696. The number of rotatable bonds is 2. The predicted octanol–water partition coefficient (Wildman–Crippen LogP) is 2.54. The third-order valence-electron chi connectivity index (χ3n) is 2.94. The molecule has 0 atom stereocenters. The number of aromatic carboxylic acids is 1. The van der Waals surface area contributed by atoms with Gasteiger partial charge in [-0.2, -0.15) is 5.10 Å². The summed E-state index contributed by atoms with van der Waals surface area (Å²) in [4.78, 5) is 10.9. The van der Waals surface area contributed by atoms with E-state index in [1.54, 1.807) is 11.7 Å². The number of halogens is 1. The molecule has 0 spiro atoms. The van der Waals surface area contributed by atoms with Crippen molar-refractivity contribution in [1.29, 1.82) is 0 Å². The van der Waals surface area contributed by atoms with Crippen molar-refractivity contribution in [2.24, 2.45) is 7.05 Å². The van der Waals surface area contributed by atoms with Crippen LogP contribution in [0.3, 0.4) is 0 Å². The molecule has 4 nitrogen and oxygen atoms in total. The number of aryl methyl sites for hydroxylation is 2. The summed E-state index contributed by atoms with van der Waals surface area (Å²) in [6.45, 7) is 3.67. The van der Waals surface area contributed by atoms with Gasteiger partial charge < -0.3 is 5.11 Å². The van der Waals surface area contributed by atoms with E-state index in [0.29, 0.717) is 5.56 Å². The van der Waals surface area contributed by atoms with Gasteiger partial charge in [-0.05, 0) is 37.6 Å². The first kappa shape index (κ1) is 12.3. The van der Waals surface area contributed by atoms with Crippen LogP contribution in [-0.4, -0.2) is 20.9 Å². The zero-order valence-corrected chi connectivity index (χ0v) is 10.4. The highest BCUT2D eigenvalue weighted by atomic mass is 19.1. The average Bonchev–Trinajstić information content (AvgIpc) is 2.52. The Hall–Kier alpha value is -2.17. The second kappa shape index (κ2) is 4.25. The van der Waals surface area contributed by atoms with Gasteiger partial charge in [-0.3, -0.25) is 4.68 Å². The number of hydrogen-bond acceptors (Lipinski definition) is 2. The van der Waals surface area contributed by atoms with Crippen molar-refractivity contribution in [1.82, 2.24) is 9.78 Å². The van der Waals surface area contributed by atoms with E-state index < -0.39 is 11.8 Å². The molecule has 0 bridgehead atoms. The van der Waals surface area contributed by atoms with Crippen LogP contribution >= 0.6 is 0 Å². The van der Waals surface area contributed by atoms with Crippen molar-refractivity contribution in [2.45, 2.75) is 13.8 Å². The zero-order valence-electron chi connectivity index (χ0n) is 10.4. The minimum atomic E-state index is -1.14. The smallest absolute Gasteiger partial charge is 0.335 e. The molecule has 0 unspecified atom stereocenters. The molecule has 94 valence electrons. The Morgan fingerprint density at radius 1 is 1.33 bits per heavy atom. The number of aromatic nitrogens is 2. The number of hydrogen-bond donors (Lipinski definition) is 1. The second-order valence-corrected chi connectivity index (χ2v) is 4.20. The quantitative estimate of drug-likeness (QED) is 0.888. The van der Waals surface area contributed by atoms with Crippen molar-refractivity contribution >= 4 is 5.97 Å². The number of benzene rings is 1. The summed E-state index contributed by atoms with van der Waals surface area (Å²) in [6, 6.07) is 3.79. The van der Waals surface area contributed by atoms with E-state index in [9.17, 15) is 9.18 Å². The number of carboxylic acids is 1. The Morgan fingerprint density at radius 3 is 2.50 bits per heavy atom. The topological polar surface area (TPSA) is 55.1 Å². The fourth-order valence-electron chi connectivity index (χ4n) is 2.05. The molecule has 0 fully saturated rings. The van der Waals surface area contributed by atoms with E-state index in [1.807, 2.05) is 13.8 Å². The lowest BCUT2D eigenvalue weighted by Crippen LogP contribution is -1.98. The van der Waals surface area contributed by atoms with Crippen LogP contribution < -0.4 is 0 Å². The highest BCUT2D eigenvalue weighted by Crippen LogP contribution is 2.28. The fraction of sp³-hybridized carbons (Fsp3) is 0.231. The highest BCUT2D eigenvalue weighted by molar-refractivity contribution is 5.89. The molecule has 1 heterocycles. The SMILES string of the molecule is Cc1nn(C)c(C)c1-c1cc(F)cc(C(=O)O)c1. The van der Waals surface area contributed by atoms with Crippen LogP contribution in [0.1, 0.15) is 21.7 Å². The normalized spacial score (nSPS) is 10.7. The van der Waals surface area contributed by atoms with Crippen LogP contribution in [0.2, 0.25) is 0 Å². The molecule has 5 heteroatoms. The van der Waals surface area contributed by atoms with Crippen molar-refractivity contribution in [3.05, 3.63) is 41.0 Å². The Morgan fingerprint density at radius 2 is 2.00 bits per heavy atom. The van der Waals surface area contributed by atoms with Crippen LogP contribution in [0.15, 0.2) is 18.2 Å². The molecule has 2 aromatic rings. The molecule has 0 radical (unpaired) electrons. The molecule has 18 heavy (non-hydrogen) atoms. The van der Waals surface area contributed by atoms with Gasteiger partial charge in [-0.15, -0.1) is 0 Å². The van der Waals surface area contributed by atoms with E-state index in [2.05, 4.69) is 5.10 Å². The molecule has 0 amide bonds. The van der Waals surface area contributed by atoms with Crippen LogP contribution in [0.25, 0.3) is 11.1 Å². The van der Waals surface area contributed by atoms with E-state index in [-0.39, 0.29) is 5.56 Å². The Labute approximate surface area is 104 Å². The van der Waals surface area contributed by atoms with E-state index in [4.69, 9.17) is 5.11 Å². The third-order valence-corrected chi connectivity index (χ3v) is 2.94. The first-order chi connectivity index (χ1) is 8.40. The molecule has 1 aromatic carbocycles. The predicted molar refractivity (Wildman–Crippen MR) is 65.0 cm³/mol. The van der Waals surface area contributed by atoms with Crippen molar-refractivity contribution in [3.8, 4) is 11.1 Å². The Balaban J connectivity index is 2.67. The van der Waals surface area contributed by atoms with Crippen LogP contribution in [-0.2, 0) is 7.05 Å². The van der Waals surface area contributed by atoms with Gasteiger partial charge in [0.15, 0.2) is 0 Å². The molecule has 0 saturated heterocycles. The molecule has 0 aliphatic heterocycles. The first-order valence-corrected chi connectivity index (χ1v) is 5.44. The second-order valence-electron chi connectivity index (χ2n) is 4.20. The van der Waals surface area contributed by atoms with Gasteiger partial charge in [0.05, 0.1) is 11.3 Å². The minimum Gasteiger partial charge on any atom is -0.478 e. The van der Waals surface area contributed by atoms with Gasteiger partial charge in [-0.1, -0.05) is 0 Å². The lowest BCUT2D eigenvalue weighted by Gasteiger charge is -2.04. The molecule has 0 aliphatic carbocycles. The van der Waals surface area contributed by atoms with Crippen molar-refractivity contribution < 1.29 is 14.3 Å². The molecule has 2 rings (SSSR count). The summed E-state index contributed by atoms with van der Waals surface area (Å²) in [5.74, 6) is -1.71. The maximum Gasteiger partial charge on any atom is 0.335 e. The minimum absolute atomic E-state index is 0.0624. The molecule has 0 saturated carbocycles. The van der Waals surface area contributed by atoms with E-state index >= 15 is 0 Å².